The monoisotopic (exact) mass is 267 g/mol. The molecule has 0 aliphatic rings. The Hall–Kier alpha value is -1.34. The summed E-state index contributed by atoms with van der Waals surface area (Å²) in [5.74, 6) is 2.38. The van der Waals surface area contributed by atoms with E-state index in [1.54, 1.807) is 11.8 Å². The van der Waals surface area contributed by atoms with Crippen LogP contribution in [0, 0.1) is 6.92 Å². The van der Waals surface area contributed by atoms with Crippen molar-refractivity contribution in [3.63, 3.8) is 0 Å². The molecule has 2 rings (SSSR count). The standard InChI is InChI=1S/C11H17N5OS/c1-3-4-16-10(6-12)13-14-11(16)18-7-9-5-8(2)17-15-9/h5H,3-4,6-7,12H2,1-2H3. The summed E-state index contributed by atoms with van der Waals surface area (Å²) in [4.78, 5) is 0. The molecule has 0 aliphatic carbocycles. The van der Waals surface area contributed by atoms with Gasteiger partial charge in [-0.25, -0.2) is 0 Å². The Kier molecular flexibility index (Phi) is 4.38. The van der Waals surface area contributed by atoms with Crippen molar-refractivity contribution in [1.82, 2.24) is 19.9 Å². The van der Waals surface area contributed by atoms with Gasteiger partial charge in [0.05, 0.1) is 12.2 Å². The molecule has 0 atom stereocenters. The molecular weight excluding hydrogens is 250 g/mol. The van der Waals surface area contributed by atoms with Crippen LogP contribution in [0.5, 0.6) is 0 Å². The SMILES string of the molecule is CCCn1c(CN)nnc1SCc1cc(C)on1. The van der Waals surface area contributed by atoms with Crippen molar-refractivity contribution in [2.45, 2.75) is 44.3 Å². The van der Waals surface area contributed by atoms with Crippen molar-refractivity contribution in [3.8, 4) is 0 Å². The molecule has 2 aromatic rings. The summed E-state index contributed by atoms with van der Waals surface area (Å²) in [6.45, 7) is 5.30. The first-order valence-corrected chi connectivity index (χ1v) is 6.90. The van der Waals surface area contributed by atoms with Gasteiger partial charge in [0.25, 0.3) is 0 Å². The fourth-order valence-corrected chi connectivity index (χ4v) is 2.51. The normalized spacial score (nSPS) is 11.1. The van der Waals surface area contributed by atoms with Crippen LogP contribution in [0.15, 0.2) is 15.7 Å². The minimum Gasteiger partial charge on any atom is -0.361 e. The molecule has 6 nitrogen and oxygen atoms in total. The maximum absolute atomic E-state index is 5.64. The molecule has 2 N–H and O–H groups in total. The zero-order chi connectivity index (χ0) is 13.0. The van der Waals surface area contributed by atoms with E-state index >= 15 is 0 Å². The van der Waals surface area contributed by atoms with E-state index < -0.39 is 0 Å². The summed E-state index contributed by atoms with van der Waals surface area (Å²) in [7, 11) is 0. The van der Waals surface area contributed by atoms with Crippen molar-refractivity contribution in [2.24, 2.45) is 5.73 Å². The molecule has 0 fully saturated rings. The number of hydrogen-bond donors (Lipinski definition) is 1. The van der Waals surface area contributed by atoms with Crippen LogP contribution >= 0.6 is 11.8 Å². The number of hydrogen-bond acceptors (Lipinski definition) is 6. The third-order valence-corrected chi connectivity index (χ3v) is 3.45. The highest BCUT2D eigenvalue weighted by molar-refractivity contribution is 7.98. The molecule has 0 aromatic carbocycles. The van der Waals surface area contributed by atoms with Gasteiger partial charge >= 0.3 is 0 Å². The molecule has 0 bridgehead atoms. The van der Waals surface area contributed by atoms with Gasteiger partial charge in [-0.1, -0.05) is 23.8 Å². The van der Waals surface area contributed by atoms with Crippen LogP contribution in [0.4, 0.5) is 0 Å². The Morgan fingerprint density at radius 2 is 2.28 bits per heavy atom. The number of thioether (sulfide) groups is 1. The van der Waals surface area contributed by atoms with Gasteiger partial charge in [-0.15, -0.1) is 10.2 Å². The summed E-state index contributed by atoms with van der Waals surface area (Å²) in [5.41, 5.74) is 6.56. The first-order chi connectivity index (χ1) is 8.74. The molecule has 0 saturated heterocycles. The van der Waals surface area contributed by atoms with Crippen LogP contribution in [0.3, 0.4) is 0 Å². The highest BCUT2D eigenvalue weighted by Crippen LogP contribution is 2.22. The average Bonchev–Trinajstić information content (AvgIpc) is 2.94. The summed E-state index contributed by atoms with van der Waals surface area (Å²) in [5, 5.41) is 13.1. The summed E-state index contributed by atoms with van der Waals surface area (Å²) in [6, 6.07) is 1.93. The quantitative estimate of drug-likeness (QED) is 0.803. The number of nitrogens with two attached hydrogens (primary N) is 1. The summed E-state index contributed by atoms with van der Waals surface area (Å²) < 4.78 is 7.10. The van der Waals surface area contributed by atoms with Crippen LogP contribution in [-0.2, 0) is 18.8 Å². The number of aromatic nitrogens is 4. The molecule has 0 saturated carbocycles. The van der Waals surface area contributed by atoms with Gasteiger partial charge in [0.1, 0.15) is 11.6 Å². The molecule has 0 amide bonds. The largest absolute Gasteiger partial charge is 0.361 e. The molecule has 7 heteroatoms. The fraction of sp³-hybridized carbons (Fsp3) is 0.545. The predicted molar refractivity (Wildman–Crippen MR) is 69.0 cm³/mol. The Balaban J connectivity index is 2.06. The van der Waals surface area contributed by atoms with Gasteiger partial charge in [0, 0.05) is 18.4 Å². The van der Waals surface area contributed by atoms with Gasteiger partial charge in [-0.3, -0.25) is 0 Å². The van der Waals surface area contributed by atoms with Crippen molar-refractivity contribution in [1.29, 1.82) is 0 Å². The maximum Gasteiger partial charge on any atom is 0.191 e. The van der Waals surface area contributed by atoms with Crippen LogP contribution < -0.4 is 5.73 Å². The predicted octanol–water partition coefficient (Wildman–Crippen LogP) is 1.74. The Bertz CT molecular complexity index is 507. The van der Waals surface area contributed by atoms with Crippen LogP contribution in [-0.4, -0.2) is 19.9 Å². The van der Waals surface area contributed by atoms with Crippen LogP contribution in [0.1, 0.15) is 30.6 Å². The number of aryl methyl sites for hydroxylation is 1. The summed E-state index contributed by atoms with van der Waals surface area (Å²) in [6.07, 6.45) is 1.03. The van der Waals surface area contributed by atoms with Gasteiger partial charge < -0.3 is 14.8 Å². The molecule has 0 aliphatic heterocycles. The molecule has 0 unspecified atom stereocenters. The van der Waals surface area contributed by atoms with E-state index in [1.165, 1.54) is 0 Å². The first-order valence-electron chi connectivity index (χ1n) is 5.91. The van der Waals surface area contributed by atoms with Gasteiger partial charge in [-0.2, -0.15) is 0 Å². The topological polar surface area (TPSA) is 82.8 Å². The van der Waals surface area contributed by atoms with E-state index in [0.717, 1.165) is 41.2 Å². The molecule has 2 heterocycles. The molecule has 18 heavy (non-hydrogen) atoms. The van der Waals surface area contributed by atoms with Gasteiger partial charge in [-0.05, 0) is 13.3 Å². The van der Waals surface area contributed by atoms with Crippen molar-refractivity contribution in [3.05, 3.63) is 23.3 Å². The second kappa shape index (κ2) is 6.01. The van der Waals surface area contributed by atoms with E-state index in [1.807, 2.05) is 13.0 Å². The van der Waals surface area contributed by atoms with E-state index in [-0.39, 0.29) is 0 Å². The Morgan fingerprint density at radius 3 is 2.89 bits per heavy atom. The minimum atomic E-state index is 0.413. The average molecular weight is 267 g/mol. The lowest BCUT2D eigenvalue weighted by molar-refractivity contribution is 0.393. The Morgan fingerprint density at radius 1 is 1.44 bits per heavy atom. The maximum atomic E-state index is 5.64. The Labute approximate surface area is 110 Å². The fourth-order valence-electron chi connectivity index (χ4n) is 1.65. The molecule has 0 radical (unpaired) electrons. The lowest BCUT2D eigenvalue weighted by atomic mass is 10.4. The third-order valence-electron chi connectivity index (χ3n) is 2.45. The zero-order valence-corrected chi connectivity index (χ0v) is 11.4. The highest BCUT2D eigenvalue weighted by atomic mass is 32.2. The van der Waals surface area contributed by atoms with Crippen molar-refractivity contribution < 1.29 is 4.52 Å². The molecule has 2 aromatic heterocycles. The van der Waals surface area contributed by atoms with E-state index in [0.29, 0.717) is 6.54 Å². The van der Waals surface area contributed by atoms with Crippen LogP contribution in [0.25, 0.3) is 0 Å². The molecule has 98 valence electrons. The highest BCUT2D eigenvalue weighted by Gasteiger charge is 2.11. The number of rotatable bonds is 6. The van der Waals surface area contributed by atoms with E-state index in [2.05, 4.69) is 26.8 Å². The third kappa shape index (κ3) is 2.91. The van der Waals surface area contributed by atoms with Crippen molar-refractivity contribution >= 4 is 11.8 Å². The van der Waals surface area contributed by atoms with Gasteiger partial charge in [0.15, 0.2) is 5.16 Å². The second-order valence-corrected chi connectivity index (χ2v) is 4.91. The van der Waals surface area contributed by atoms with E-state index in [9.17, 15) is 0 Å². The summed E-state index contributed by atoms with van der Waals surface area (Å²) >= 11 is 1.60. The van der Waals surface area contributed by atoms with Crippen molar-refractivity contribution in [2.75, 3.05) is 0 Å². The number of nitrogens with zero attached hydrogens (tertiary/aromatic N) is 4. The van der Waals surface area contributed by atoms with Gasteiger partial charge in [0.2, 0.25) is 0 Å². The van der Waals surface area contributed by atoms with E-state index in [4.69, 9.17) is 10.3 Å². The molecular formula is C11H17N5OS. The first kappa shape index (κ1) is 13.1. The minimum absolute atomic E-state index is 0.413. The lowest BCUT2D eigenvalue weighted by Gasteiger charge is -2.06. The molecule has 0 spiro atoms. The zero-order valence-electron chi connectivity index (χ0n) is 10.6. The smallest absolute Gasteiger partial charge is 0.191 e. The second-order valence-electron chi connectivity index (χ2n) is 3.97. The lowest BCUT2D eigenvalue weighted by Crippen LogP contribution is -2.09. The van der Waals surface area contributed by atoms with Crippen LogP contribution in [0.2, 0.25) is 0 Å².